The number of aliphatic hydroxyl groups excluding tert-OH is 4. The van der Waals surface area contributed by atoms with Crippen molar-refractivity contribution in [2.45, 2.75) is 118 Å². The van der Waals surface area contributed by atoms with Crippen molar-refractivity contribution in [2.75, 3.05) is 39.9 Å². The lowest BCUT2D eigenvalue weighted by Gasteiger charge is -2.50. The number of rotatable bonds is 16. The summed E-state index contributed by atoms with van der Waals surface area (Å²) >= 11 is 0. The van der Waals surface area contributed by atoms with E-state index >= 15 is 0 Å². The van der Waals surface area contributed by atoms with E-state index in [9.17, 15) is 47.6 Å². The van der Waals surface area contributed by atoms with Gasteiger partial charge in [-0.25, -0.2) is 0 Å². The Hall–Kier alpha value is -1.44. The number of amides is 1. The highest BCUT2D eigenvalue weighted by atomic mass is 19.2. The van der Waals surface area contributed by atoms with E-state index in [1.165, 1.54) is 30.5 Å². The van der Waals surface area contributed by atoms with E-state index in [-0.39, 0.29) is 37.5 Å². The van der Waals surface area contributed by atoms with Gasteiger partial charge in [-0.1, -0.05) is 0 Å². The fraction of sp³-hybridized carbons (Fsp3) is 0.962. The van der Waals surface area contributed by atoms with Crippen molar-refractivity contribution in [1.29, 1.82) is 0 Å². The van der Waals surface area contributed by atoms with Gasteiger partial charge in [0.15, 0.2) is 12.6 Å². The number of ether oxygens (including phenoxy) is 4. The van der Waals surface area contributed by atoms with E-state index in [0.29, 0.717) is 5.12 Å². The van der Waals surface area contributed by atoms with Crippen LogP contribution < -0.4 is 21.9 Å². The second-order valence-corrected chi connectivity index (χ2v) is 12.7. The van der Waals surface area contributed by atoms with Crippen LogP contribution in [0.2, 0.25) is 0 Å². The van der Waals surface area contributed by atoms with Crippen LogP contribution in [0.15, 0.2) is 0 Å². The van der Waals surface area contributed by atoms with Crippen molar-refractivity contribution in [1.82, 2.24) is 32.2 Å². The average molecular weight is 699 g/mol. The number of hydrogen-bond donors (Lipinski definition) is 9. The van der Waals surface area contributed by atoms with Crippen molar-refractivity contribution in [3.8, 4) is 0 Å². The number of likely N-dealkylation sites (N-methyl/N-ethyl adjacent to an activating group) is 1. The molecular weight excluding hydrogens is 651 g/mol. The summed E-state index contributed by atoms with van der Waals surface area (Å²) in [6, 6.07) is -5.55. The van der Waals surface area contributed by atoms with E-state index in [1.54, 1.807) is 0 Å². The SMILES string of the molecule is CN(F)C1C(O)C(OC2C(NC(=O)C(O)CCNF)CC(NF)C(OC3OC(C)(CN(F)CCO)CCC3NF)C2O)OCC1(C)O. The fourth-order valence-corrected chi connectivity index (χ4v) is 6.29. The van der Waals surface area contributed by atoms with Gasteiger partial charge in [-0.2, -0.15) is 16.6 Å². The van der Waals surface area contributed by atoms with Crippen LogP contribution in [0, 0.1) is 0 Å². The Morgan fingerprint density at radius 2 is 1.68 bits per heavy atom. The summed E-state index contributed by atoms with van der Waals surface area (Å²) < 4.78 is 92.3. The van der Waals surface area contributed by atoms with Gasteiger partial charge in [0.05, 0.1) is 50.0 Å². The molecule has 21 heteroatoms. The Balaban J connectivity index is 1.90. The average Bonchev–Trinajstić information content (AvgIpc) is 2.99. The summed E-state index contributed by atoms with van der Waals surface area (Å²) in [5.74, 6) is -1.05. The molecule has 13 atom stereocenters. The minimum Gasteiger partial charge on any atom is -0.395 e. The molecule has 2 aliphatic heterocycles. The largest absolute Gasteiger partial charge is 0.395 e. The molecule has 1 aliphatic carbocycles. The Kier molecular flexibility index (Phi) is 14.9. The number of carbonyl (C=O) groups is 1. The Bertz CT molecular complexity index is 988. The van der Waals surface area contributed by atoms with Crippen molar-refractivity contribution in [3.05, 3.63) is 0 Å². The van der Waals surface area contributed by atoms with Gasteiger partial charge in [0, 0.05) is 13.6 Å². The highest BCUT2D eigenvalue weighted by molar-refractivity contribution is 5.80. The quantitative estimate of drug-likeness (QED) is 0.0611. The topological polar surface area (TPSA) is 210 Å². The molecule has 47 heavy (non-hydrogen) atoms. The van der Waals surface area contributed by atoms with Crippen LogP contribution in [0.5, 0.6) is 0 Å². The lowest BCUT2D eigenvalue weighted by Crippen LogP contribution is -2.69. The molecule has 0 aromatic rings. The first kappa shape index (κ1) is 40.0. The minimum atomic E-state index is -1.93. The lowest BCUT2D eigenvalue weighted by molar-refractivity contribution is -0.329. The van der Waals surface area contributed by atoms with E-state index in [2.05, 4.69) is 5.32 Å². The standard InChI is InChI=1S/C26H47F5N6O10/c1-25(11-37(31)8-9-38)6-4-13(34-28)23(47-25)45-20-15(35-29)10-14(33-22(42)16(39)5-7-32-27)19(17(20)40)46-24-18(41)21(36(3)30)26(2,43)12-44-24/h13-21,23-24,32,34-35,38-41,43H,4-12H2,1-3H3,(H,33,42). The molecule has 3 fully saturated rings. The molecule has 0 spiro atoms. The van der Waals surface area contributed by atoms with Crippen LogP contribution in [0.3, 0.4) is 0 Å². The molecule has 1 amide bonds. The van der Waals surface area contributed by atoms with Crippen molar-refractivity contribution in [3.63, 3.8) is 0 Å². The highest BCUT2D eigenvalue weighted by Crippen LogP contribution is 2.36. The number of nitrogens with one attached hydrogen (secondary N) is 4. The van der Waals surface area contributed by atoms with Gasteiger partial charge < -0.3 is 49.8 Å². The van der Waals surface area contributed by atoms with Crippen molar-refractivity contribution < 1.29 is 71.7 Å². The van der Waals surface area contributed by atoms with E-state index in [0.717, 1.165) is 7.05 Å². The number of hydrogen-bond acceptors (Lipinski definition) is 15. The van der Waals surface area contributed by atoms with Crippen LogP contribution in [0.1, 0.15) is 39.5 Å². The van der Waals surface area contributed by atoms with Crippen molar-refractivity contribution in [2.24, 2.45) is 0 Å². The monoisotopic (exact) mass is 698 g/mol. The first-order valence-corrected chi connectivity index (χ1v) is 15.2. The van der Waals surface area contributed by atoms with Gasteiger partial charge in [0.1, 0.15) is 42.2 Å². The van der Waals surface area contributed by atoms with Crippen molar-refractivity contribution >= 4 is 5.91 Å². The zero-order valence-electron chi connectivity index (χ0n) is 26.3. The Morgan fingerprint density at radius 1 is 1.04 bits per heavy atom. The number of carbonyl (C=O) groups excluding carboxylic acids is 1. The molecule has 0 aromatic heterocycles. The first-order chi connectivity index (χ1) is 22.1. The van der Waals surface area contributed by atoms with Crippen LogP contribution in [0.25, 0.3) is 0 Å². The van der Waals surface area contributed by atoms with Gasteiger partial charge >= 0.3 is 0 Å². The molecule has 0 bridgehead atoms. The highest BCUT2D eigenvalue weighted by Gasteiger charge is 2.54. The molecule has 3 aliphatic rings. The second-order valence-electron chi connectivity index (χ2n) is 12.7. The molecule has 0 radical (unpaired) electrons. The van der Waals surface area contributed by atoms with Gasteiger partial charge in [0.25, 0.3) is 0 Å². The van der Waals surface area contributed by atoms with Gasteiger partial charge in [-0.3, -0.25) is 4.79 Å². The maximum atomic E-state index is 14.4. The maximum Gasteiger partial charge on any atom is 0.249 e. The molecular formula is C26H47F5N6O10. The zero-order chi connectivity index (χ0) is 35.1. The molecule has 9 N–H and O–H groups in total. The van der Waals surface area contributed by atoms with E-state index in [4.69, 9.17) is 24.1 Å². The summed E-state index contributed by atoms with van der Waals surface area (Å²) in [5, 5.41) is 55.0. The summed E-state index contributed by atoms with van der Waals surface area (Å²) in [7, 11) is 0.942. The maximum absolute atomic E-state index is 14.4. The minimum absolute atomic E-state index is 0.0466. The third-order valence-electron chi connectivity index (χ3n) is 8.70. The third kappa shape index (κ3) is 10.1. The van der Waals surface area contributed by atoms with Gasteiger partial charge in [-0.05, 0) is 39.5 Å². The number of nitrogens with zero attached hydrogens (tertiary/aromatic N) is 2. The molecule has 2 saturated heterocycles. The predicted octanol–water partition coefficient (Wildman–Crippen LogP) is -2.36. The molecule has 1 saturated carbocycles. The molecule has 2 heterocycles. The summed E-state index contributed by atoms with van der Waals surface area (Å²) in [5.41, 5.74) is 1.10. The van der Waals surface area contributed by atoms with Gasteiger partial charge in [-0.15, -0.1) is 32.7 Å². The number of halogens is 5. The second kappa shape index (κ2) is 17.5. The van der Waals surface area contributed by atoms with Crippen LogP contribution in [-0.4, -0.2) is 160 Å². The van der Waals surface area contributed by atoms with E-state index < -0.39 is 111 Å². The lowest BCUT2D eigenvalue weighted by atomic mass is 9.83. The molecule has 3 rings (SSSR count). The predicted molar refractivity (Wildman–Crippen MR) is 149 cm³/mol. The molecule has 0 aromatic carbocycles. The Morgan fingerprint density at radius 3 is 2.28 bits per heavy atom. The first-order valence-electron chi connectivity index (χ1n) is 15.2. The third-order valence-corrected chi connectivity index (χ3v) is 8.70. The van der Waals surface area contributed by atoms with Crippen LogP contribution in [0.4, 0.5) is 22.4 Å². The smallest absolute Gasteiger partial charge is 0.249 e. The summed E-state index contributed by atoms with van der Waals surface area (Å²) in [6.07, 6.45) is -12.7. The summed E-state index contributed by atoms with van der Waals surface area (Å²) in [6.45, 7) is 0.615. The number of aliphatic hydroxyl groups is 5. The van der Waals surface area contributed by atoms with Crippen LogP contribution in [-0.2, 0) is 23.7 Å². The normalized spacial score (nSPS) is 40.5. The molecule has 16 nitrogen and oxygen atoms in total. The zero-order valence-corrected chi connectivity index (χ0v) is 26.3. The van der Waals surface area contributed by atoms with Gasteiger partial charge in [0.2, 0.25) is 5.91 Å². The Labute approximate surface area is 268 Å². The molecule has 276 valence electrons. The van der Waals surface area contributed by atoms with E-state index in [1.807, 2.05) is 0 Å². The molecule has 13 unspecified atom stereocenters. The summed E-state index contributed by atoms with van der Waals surface area (Å²) in [4.78, 5) is 12.7. The van der Waals surface area contributed by atoms with Crippen LogP contribution >= 0.6 is 0 Å². The fourth-order valence-electron chi connectivity index (χ4n) is 6.29.